The van der Waals surface area contributed by atoms with Crippen molar-refractivity contribution in [2.75, 3.05) is 13.7 Å². The molecule has 4 aliphatic rings. The fourth-order valence-corrected chi connectivity index (χ4v) is 7.71. The molecule has 5 nitrogen and oxygen atoms in total. The van der Waals surface area contributed by atoms with Gasteiger partial charge in [0.25, 0.3) is 0 Å². The quantitative estimate of drug-likeness (QED) is 0.321. The lowest BCUT2D eigenvalue weighted by Gasteiger charge is -2.65. The Morgan fingerprint density at radius 1 is 0.837 bits per heavy atom. The predicted molar refractivity (Wildman–Crippen MR) is 159 cm³/mol. The second kappa shape index (κ2) is 13.8. The summed E-state index contributed by atoms with van der Waals surface area (Å²) in [4.78, 5) is 8.61. The van der Waals surface area contributed by atoms with Gasteiger partial charge in [0.05, 0.1) is 25.4 Å². The Labute approximate surface area is 254 Å². The standard InChI is InChI=1S/C38H28O5/c1-30-31-20-21-35-37(24-19-25-38(35,36(39)42-29-37)33(31)28-34-32(30)22-27-41-34)23-17-15-13-11-9-7-5-3-4-6-8-10-12-14-16-18-26-43-40-2/h22,27,30-31,33,35-36,39H,19-21,24-25,28-29H2,1-2H3/t30-,31+,33+,35+,36-,37+,38+/m1/s1. The van der Waals surface area contributed by atoms with E-state index < -0.39 is 6.29 Å². The Morgan fingerprint density at radius 3 is 2.12 bits per heavy atom. The van der Waals surface area contributed by atoms with Crippen LogP contribution in [0.5, 0.6) is 0 Å². The van der Waals surface area contributed by atoms with E-state index in [2.05, 4.69) is 130 Å². The molecule has 0 unspecified atom stereocenters. The van der Waals surface area contributed by atoms with Crippen molar-refractivity contribution in [2.45, 2.75) is 57.7 Å². The average Bonchev–Trinajstić information content (AvgIpc) is 3.50. The van der Waals surface area contributed by atoms with E-state index in [0.29, 0.717) is 24.4 Å². The van der Waals surface area contributed by atoms with E-state index in [1.54, 1.807) is 0 Å². The number of hydrogen-bond donors (Lipinski definition) is 1. The van der Waals surface area contributed by atoms with E-state index in [1.807, 2.05) is 6.26 Å². The molecule has 5 rings (SSSR count). The fourth-order valence-electron chi connectivity index (χ4n) is 7.71. The Kier molecular flexibility index (Phi) is 9.45. The second-order valence-electron chi connectivity index (χ2n) is 11.0. The zero-order valence-electron chi connectivity index (χ0n) is 24.1. The molecule has 1 aromatic heterocycles. The van der Waals surface area contributed by atoms with Crippen molar-refractivity contribution in [3.8, 4) is 107 Å². The van der Waals surface area contributed by atoms with Gasteiger partial charge in [0, 0.05) is 59.2 Å². The molecule has 1 saturated heterocycles. The van der Waals surface area contributed by atoms with Crippen LogP contribution in [0.15, 0.2) is 16.7 Å². The van der Waals surface area contributed by atoms with E-state index in [9.17, 15) is 5.11 Å². The molecule has 1 aromatic rings. The molecule has 7 atom stereocenters. The summed E-state index contributed by atoms with van der Waals surface area (Å²) < 4.78 is 12.0. The maximum atomic E-state index is 11.4. The third-order valence-corrected chi connectivity index (χ3v) is 9.25. The van der Waals surface area contributed by atoms with Crippen LogP contribution in [0.3, 0.4) is 0 Å². The average molecular weight is 565 g/mol. The summed E-state index contributed by atoms with van der Waals surface area (Å²) in [5.41, 5.74) is 0.713. The van der Waals surface area contributed by atoms with Gasteiger partial charge in [-0.3, -0.25) is 4.89 Å². The molecular weight excluding hydrogens is 536 g/mol. The molecule has 3 fully saturated rings. The van der Waals surface area contributed by atoms with Crippen molar-refractivity contribution in [2.24, 2.45) is 28.6 Å². The monoisotopic (exact) mass is 564 g/mol. The van der Waals surface area contributed by atoms with E-state index in [0.717, 1.165) is 44.3 Å². The lowest BCUT2D eigenvalue weighted by molar-refractivity contribution is -0.311. The minimum absolute atomic E-state index is 0.268. The van der Waals surface area contributed by atoms with Crippen LogP contribution in [-0.4, -0.2) is 25.1 Å². The van der Waals surface area contributed by atoms with E-state index in [4.69, 9.17) is 9.15 Å². The van der Waals surface area contributed by atoms with Gasteiger partial charge in [-0.05, 0) is 108 Å². The van der Waals surface area contributed by atoms with Gasteiger partial charge in [0.1, 0.15) is 5.76 Å². The van der Waals surface area contributed by atoms with Crippen LogP contribution in [0.2, 0.25) is 0 Å². The molecule has 0 radical (unpaired) electrons. The molecule has 43 heavy (non-hydrogen) atoms. The lowest BCUT2D eigenvalue weighted by Crippen LogP contribution is -2.66. The van der Waals surface area contributed by atoms with E-state index >= 15 is 0 Å². The van der Waals surface area contributed by atoms with Crippen LogP contribution in [0.25, 0.3) is 0 Å². The number of hydrogen-bond acceptors (Lipinski definition) is 5. The van der Waals surface area contributed by atoms with Crippen molar-refractivity contribution in [1.29, 1.82) is 0 Å². The van der Waals surface area contributed by atoms with Crippen molar-refractivity contribution >= 4 is 0 Å². The first-order chi connectivity index (χ1) is 21.1. The molecule has 2 heterocycles. The Bertz CT molecular complexity index is 1830. The molecule has 2 saturated carbocycles. The van der Waals surface area contributed by atoms with E-state index in [-0.39, 0.29) is 16.7 Å². The smallest absolute Gasteiger partial charge is 0.171 e. The summed E-state index contributed by atoms with van der Waals surface area (Å²) in [5, 5.41) is 11.4. The Morgan fingerprint density at radius 2 is 1.47 bits per heavy atom. The summed E-state index contributed by atoms with van der Waals surface area (Å²) in [7, 11) is 1.34. The first kappa shape index (κ1) is 29.5. The SMILES string of the molecule is COOC#CC#CC#CC#CC#CC#CC#CC#CC#C[C@]12CCC[C@]3([C@H](O)OC1)[C@H]1Cc4occc4[C@H](C)[C@@H]1CC[C@@H]23. The van der Waals surface area contributed by atoms with Gasteiger partial charge in [0.2, 0.25) is 0 Å². The number of rotatable bonds is 1. The number of furan rings is 1. The van der Waals surface area contributed by atoms with Crippen molar-refractivity contribution in [3.05, 3.63) is 23.7 Å². The highest BCUT2D eigenvalue weighted by Crippen LogP contribution is 2.68. The summed E-state index contributed by atoms with van der Waals surface area (Å²) in [6, 6.07) is 2.12. The first-order valence-corrected chi connectivity index (χ1v) is 14.2. The van der Waals surface area contributed by atoms with Crippen LogP contribution in [0.1, 0.15) is 56.3 Å². The molecule has 3 aliphatic carbocycles. The van der Waals surface area contributed by atoms with Crippen molar-refractivity contribution in [1.82, 2.24) is 0 Å². The maximum absolute atomic E-state index is 11.4. The van der Waals surface area contributed by atoms with Gasteiger partial charge in [0.15, 0.2) is 12.4 Å². The maximum Gasteiger partial charge on any atom is 0.171 e. The van der Waals surface area contributed by atoms with Crippen LogP contribution in [0.4, 0.5) is 0 Å². The lowest BCUT2D eigenvalue weighted by atomic mass is 9.41. The third-order valence-electron chi connectivity index (χ3n) is 9.25. The summed E-state index contributed by atoms with van der Waals surface area (Å²) in [6.07, 6.45) is 9.20. The van der Waals surface area contributed by atoms with Crippen molar-refractivity contribution < 1.29 is 24.0 Å². The fraction of sp³-hybridized carbons (Fsp3) is 0.421. The third kappa shape index (κ3) is 6.13. The number of aliphatic hydroxyl groups excluding tert-OH is 1. The van der Waals surface area contributed by atoms with Gasteiger partial charge in [-0.15, -0.1) is 0 Å². The largest absolute Gasteiger partial charge is 0.469 e. The molecule has 1 N–H and O–H groups in total. The summed E-state index contributed by atoms with van der Waals surface area (Å²) in [5.74, 6) is 47.9. The summed E-state index contributed by atoms with van der Waals surface area (Å²) in [6.45, 7) is 2.75. The van der Waals surface area contributed by atoms with Crippen LogP contribution in [0, 0.1) is 135 Å². The molecule has 2 bridgehead atoms. The number of ether oxygens (including phenoxy) is 1. The molecule has 0 aromatic carbocycles. The zero-order valence-corrected chi connectivity index (χ0v) is 24.1. The highest BCUT2D eigenvalue weighted by molar-refractivity contribution is 5.46. The second-order valence-corrected chi connectivity index (χ2v) is 11.0. The van der Waals surface area contributed by atoms with Crippen LogP contribution in [-0.2, 0) is 20.9 Å². The molecule has 5 heteroatoms. The van der Waals surface area contributed by atoms with Gasteiger partial charge in [-0.1, -0.05) is 19.3 Å². The Hall–Kier alpha value is -5.00. The topological polar surface area (TPSA) is 61.1 Å². The minimum Gasteiger partial charge on any atom is -0.469 e. The first-order valence-electron chi connectivity index (χ1n) is 14.2. The molecule has 210 valence electrons. The van der Waals surface area contributed by atoms with Gasteiger partial charge in [-0.2, -0.15) is 4.89 Å². The molecule has 0 spiro atoms. The Balaban J connectivity index is 1.22. The van der Waals surface area contributed by atoms with Gasteiger partial charge in [-0.25, -0.2) is 0 Å². The highest BCUT2D eigenvalue weighted by Gasteiger charge is 2.67. The van der Waals surface area contributed by atoms with Gasteiger partial charge >= 0.3 is 0 Å². The molecular formula is C38H28O5. The summed E-state index contributed by atoms with van der Waals surface area (Å²) >= 11 is 0. The number of fused-ring (bicyclic) bond motifs is 2. The van der Waals surface area contributed by atoms with Crippen LogP contribution >= 0.6 is 0 Å². The molecule has 1 aliphatic heterocycles. The molecule has 0 amide bonds. The van der Waals surface area contributed by atoms with Gasteiger partial charge < -0.3 is 14.3 Å². The highest BCUT2D eigenvalue weighted by atomic mass is 17.2. The predicted octanol–water partition coefficient (Wildman–Crippen LogP) is 3.65. The minimum atomic E-state index is -0.774. The van der Waals surface area contributed by atoms with Crippen LogP contribution < -0.4 is 0 Å². The van der Waals surface area contributed by atoms with Crippen molar-refractivity contribution in [3.63, 3.8) is 0 Å². The normalized spacial score (nSPS) is 29.7. The van der Waals surface area contributed by atoms with E-state index in [1.165, 1.54) is 12.7 Å². The number of aliphatic hydroxyl groups is 1. The zero-order chi connectivity index (χ0) is 30.0.